The van der Waals surface area contributed by atoms with Gasteiger partial charge in [-0.3, -0.25) is 9.78 Å². The molecule has 4 heteroatoms. The van der Waals surface area contributed by atoms with Crippen LogP contribution in [0.2, 0.25) is 0 Å². The van der Waals surface area contributed by atoms with Crippen molar-refractivity contribution in [3.63, 3.8) is 0 Å². The lowest BCUT2D eigenvalue weighted by atomic mass is 10.3. The molecule has 2 rings (SSSR count). The molecule has 1 heterocycles. The number of anilines is 1. The molecule has 0 aliphatic heterocycles. The zero-order valence-electron chi connectivity index (χ0n) is 8.79. The molecule has 4 nitrogen and oxygen atoms in total. The third kappa shape index (κ3) is 2.68. The Morgan fingerprint density at radius 3 is 3.07 bits per heavy atom. The van der Waals surface area contributed by atoms with Gasteiger partial charge >= 0.3 is 0 Å². The quantitative estimate of drug-likeness (QED) is 0.778. The molecule has 15 heavy (non-hydrogen) atoms. The number of hydrogen-bond acceptors (Lipinski definition) is 3. The highest BCUT2D eigenvalue weighted by molar-refractivity contribution is 5.93. The lowest BCUT2D eigenvalue weighted by molar-refractivity contribution is 0.0947. The largest absolute Gasteiger partial charge is 0.388 e. The average molecular weight is 205 g/mol. The number of rotatable bonds is 4. The molecule has 2 N–H and O–H groups in total. The van der Waals surface area contributed by atoms with E-state index < -0.39 is 0 Å². The molecule has 0 aromatic carbocycles. The van der Waals surface area contributed by atoms with Gasteiger partial charge in [0.25, 0.3) is 5.91 Å². The summed E-state index contributed by atoms with van der Waals surface area (Å²) < 4.78 is 0. The number of hydrogen-bond donors (Lipinski definition) is 2. The second-order valence-corrected chi connectivity index (χ2v) is 3.83. The number of amides is 1. The van der Waals surface area contributed by atoms with Crippen LogP contribution in [0.1, 0.15) is 23.3 Å². The van der Waals surface area contributed by atoms with Crippen LogP contribution in [0.15, 0.2) is 18.3 Å². The van der Waals surface area contributed by atoms with Gasteiger partial charge < -0.3 is 10.6 Å². The lowest BCUT2D eigenvalue weighted by Crippen LogP contribution is -2.26. The summed E-state index contributed by atoms with van der Waals surface area (Å²) in [5.74, 6) is 0.612. The van der Waals surface area contributed by atoms with E-state index in [1.165, 1.54) is 12.8 Å². The molecule has 1 saturated carbocycles. The van der Waals surface area contributed by atoms with Gasteiger partial charge in [-0.05, 0) is 30.9 Å². The van der Waals surface area contributed by atoms with E-state index in [1.807, 2.05) is 13.1 Å². The summed E-state index contributed by atoms with van der Waals surface area (Å²) in [7, 11) is 1.82. The van der Waals surface area contributed by atoms with Crippen molar-refractivity contribution in [2.75, 3.05) is 18.9 Å². The van der Waals surface area contributed by atoms with E-state index in [0.717, 1.165) is 12.2 Å². The molecule has 0 atom stereocenters. The molecule has 1 aliphatic rings. The van der Waals surface area contributed by atoms with Crippen LogP contribution in [0.3, 0.4) is 0 Å². The second-order valence-electron chi connectivity index (χ2n) is 3.83. The monoisotopic (exact) mass is 205 g/mol. The topological polar surface area (TPSA) is 54.0 Å². The molecule has 1 aromatic heterocycles. The highest BCUT2D eigenvalue weighted by atomic mass is 16.1. The highest BCUT2D eigenvalue weighted by Crippen LogP contribution is 2.27. The third-order valence-corrected chi connectivity index (χ3v) is 2.53. The summed E-state index contributed by atoms with van der Waals surface area (Å²) in [4.78, 5) is 15.7. The fraction of sp³-hybridized carbons (Fsp3) is 0.455. The Morgan fingerprint density at radius 1 is 1.60 bits per heavy atom. The summed E-state index contributed by atoms with van der Waals surface area (Å²) in [6.45, 7) is 0.782. The van der Waals surface area contributed by atoms with Crippen LogP contribution in [-0.4, -0.2) is 24.5 Å². The summed E-state index contributed by atoms with van der Waals surface area (Å²) in [6.07, 6.45) is 4.12. The van der Waals surface area contributed by atoms with Crippen LogP contribution in [0.25, 0.3) is 0 Å². The number of aromatic nitrogens is 1. The van der Waals surface area contributed by atoms with Crippen LogP contribution in [0, 0.1) is 5.92 Å². The minimum atomic E-state index is -0.0843. The Bertz CT molecular complexity index is 361. The van der Waals surface area contributed by atoms with Crippen LogP contribution in [0.4, 0.5) is 5.69 Å². The fourth-order valence-electron chi connectivity index (χ4n) is 1.36. The lowest BCUT2D eigenvalue weighted by Gasteiger charge is -2.04. The van der Waals surface area contributed by atoms with Crippen LogP contribution in [0.5, 0.6) is 0 Å². The van der Waals surface area contributed by atoms with Crippen molar-refractivity contribution in [2.45, 2.75) is 12.8 Å². The Morgan fingerprint density at radius 2 is 2.40 bits per heavy atom. The van der Waals surface area contributed by atoms with Gasteiger partial charge in [0, 0.05) is 25.5 Å². The van der Waals surface area contributed by atoms with Gasteiger partial charge in [0.2, 0.25) is 0 Å². The molecular weight excluding hydrogens is 190 g/mol. The van der Waals surface area contributed by atoms with E-state index in [1.54, 1.807) is 12.3 Å². The smallest absolute Gasteiger partial charge is 0.269 e. The van der Waals surface area contributed by atoms with Gasteiger partial charge in [-0.25, -0.2) is 0 Å². The standard InChI is InChI=1S/C11H15N3O/c1-12-9-4-5-13-10(6-9)11(15)14-7-8-2-3-8/h4-6,8H,2-3,7H2,1H3,(H,12,13)(H,14,15). The van der Waals surface area contributed by atoms with Crippen molar-refractivity contribution in [1.29, 1.82) is 0 Å². The Balaban J connectivity index is 1.96. The van der Waals surface area contributed by atoms with Crippen LogP contribution < -0.4 is 10.6 Å². The maximum atomic E-state index is 11.6. The molecule has 1 aromatic rings. The van der Waals surface area contributed by atoms with Gasteiger partial charge in [-0.15, -0.1) is 0 Å². The van der Waals surface area contributed by atoms with Gasteiger partial charge in [0.15, 0.2) is 0 Å². The predicted molar refractivity (Wildman–Crippen MR) is 58.8 cm³/mol. The predicted octanol–water partition coefficient (Wildman–Crippen LogP) is 1.26. The average Bonchev–Trinajstić information content (AvgIpc) is 3.10. The van der Waals surface area contributed by atoms with E-state index in [0.29, 0.717) is 11.6 Å². The number of carbonyl (C=O) groups excluding carboxylic acids is 1. The Labute approximate surface area is 89.1 Å². The maximum absolute atomic E-state index is 11.6. The first kappa shape index (κ1) is 9.96. The molecule has 1 fully saturated rings. The molecule has 80 valence electrons. The first-order chi connectivity index (χ1) is 7.29. The fourth-order valence-corrected chi connectivity index (χ4v) is 1.36. The molecule has 1 aliphatic carbocycles. The maximum Gasteiger partial charge on any atom is 0.269 e. The van der Waals surface area contributed by atoms with E-state index in [-0.39, 0.29) is 5.91 Å². The molecular formula is C11H15N3O. The van der Waals surface area contributed by atoms with E-state index in [9.17, 15) is 4.79 Å². The van der Waals surface area contributed by atoms with Gasteiger partial charge in [0.1, 0.15) is 5.69 Å². The van der Waals surface area contributed by atoms with Crippen molar-refractivity contribution in [3.8, 4) is 0 Å². The molecule has 0 radical (unpaired) electrons. The highest BCUT2D eigenvalue weighted by Gasteiger charge is 2.22. The summed E-state index contributed by atoms with van der Waals surface area (Å²) in [6, 6.07) is 3.58. The van der Waals surface area contributed by atoms with Crippen molar-refractivity contribution in [1.82, 2.24) is 10.3 Å². The zero-order chi connectivity index (χ0) is 10.7. The number of nitrogens with one attached hydrogen (secondary N) is 2. The van der Waals surface area contributed by atoms with Crippen molar-refractivity contribution >= 4 is 11.6 Å². The first-order valence-electron chi connectivity index (χ1n) is 5.21. The molecule has 1 amide bonds. The number of pyridine rings is 1. The third-order valence-electron chi connectivity index (χ3n) is 2.53. The van der Waals surface area contributed by atoms with Crippen molar-refractivity contribution < 1.29 is 4.79 Å². The zero-order valence-corrected chi connectivity index (χ0v) is 8.79. The van der Waals surface area contributed by atoms with Crippen LogP contribution in [-0.2, 0) is 0 Å². The summed E-state index contributed by atoms with van der Waals surface area (Å²) in [5.41, 5.74) is 1.38. The summed E-state index contributed by atoms with van der Waals surface area (Å²) in [5, 5.41) is 5.86. The molecule has 0 bridgehead atoms. The normalized spacial score (nSPS) is 14.7. The number of carbonyl (C=O) groups is 1. The molecule has 0 spiro atoms. The van der Waals surface area contributed by atoms with E-state index in [2.05, 4.69) is 15.6 Å². The minimum absolute atomic E-state index is 0.0843. The molecule has 0 unspecified atom stereocenters. The Kier molecular flexibility index (Phi) is 2.85. The van der Waals surface area contributed by atoms with Gasteiger partial charge in [-0.2, -0.15) is 0 Å². The first-order valence-corrected chi connectivity index (χ1v) is 5.21. The number of nitrogens with zero attached hydrogens (tertiary/aromatic N) is 1. The second kappa shape index (κ2) is 4.29. The minimum Gasteiger partial charge on any atom is -0.388 e. The van der Waals surface area contributed by atoms with E-state index >= 15 is 0 Å². The van der Waals surface area contributed by atoms with Crippen molar-refractivity contribution in [3.05, 3.63) is 24.0 Å². The SMILES string of the molecule is CNc1ccnc(C(=O)NCC2CC2)c1. The Hall–Kier alpha value is -1.58. The van der Waals surface area contributed by atoms with Crippen LogP contribution >= 0.6 is 0 Å². The van der Waals surface area contributed by atoms with Gasteiger partial charge in [0.05, 0.1) is 0 Å². The van der Waals surface area contributed by atoms with E-state index in [4.69, 9.17) is 0 Å². The molecule has 0 saturated heterocycles. The summed E-state index contributed by atoms with van der Waals surface area (Å²) >= 11 is 0. The van der Waals surface area contributed by atoms with Gasteiger partial charge in [-0.1, -0.05) is 0 Å². The van der Waals surface area contributed by atoms with Crippen molar-refractivity contribution in [2.24, 2.45) is 5.92 Å².